The normalized spacial score (nSPS) is 12.8. The minimum atomic E-state index is -0.581. The van der Waals surface area contributed by atoms with E-state index in [1.54, 1.807) is 25.2 Å². The standard InChI is InChI=1S/C10H11N3O3/c1-12-8(9(11)14)5-2-3-7-6(4-5)13-10(15)16-7/h2-4,8,12H,1H3,(H2,11,14)(H,13,15). The van der Waals surface area contributed by atoms with Crippen molar-refractivity contribution in [1.82, 2.24) is 10.3 Å². The van der Waals surface area contributed by atoms with Crippen LogP contribution in [0, 0.1) is 0 Å². The quantitative estimate of drug-likeness (QED) is 0.671. The van der Waals surface area contributed by atoms with Crippen molar-refractivity contribution < 1.29 is 9.21 Å². The Morgan fingerprint density at radius 2 is 2.31 bits per heavy atom. The second kappa shape index (κ2) is 3.82. The van der Waals surface area contributed by atoms with Gasteiger partial charge in [-0.1, -0.05) is 6.07 Å². The molecule has 1 atom stereocenters. The topological polar surface area (TPSA) is 101 Å². The average Bonchev–Trinajstić information content (AvgIpc) is 2.57. The minimum Gasteiger partial charge on any atom is -0.408 e. The van der Waals surface area contributed by atoms with E-state index in [0.29, 0.717) is 16.7 Å². The number of primary amides is 1. The number of fused-ring (bicyclic) bond motifs is 1. The Morgan fingerprint density at radius 1 is 1.56 bits per heavy atom. The van der Waals surface area contributed by atoms with E-state index < -0.39 is 17.7 Å². The van der Waals surface area contributed by atoms with Gasteiger partial charge in [-0.2, -0.15) is 0 Å². The highest BCUT2D eigenvalue weighted by molar-refractivity contribution is 5.83. The Hall–Kier alpha value is -2.08. The summed E-state index contributed by atoms with van der Waals surface area (Å²) in [7, 11) is 1.64. The van der Waals surface area contributed by atoms with Crippen LogP contribution in [0.25, 0.3) is 11.1 Å². The third kappa shape index (κ3) is 1.70. The summed E-state index contributed by atoms with van der Waals surface area (Å²) in [6, 6.07) is 4.38. The summed E-state index contributed by atoms with van der Waals surface area (Å²) in [5.41, 5.74) is 6.91. The molecule has 0 saturated carbocycles. The summed E-state index contributed by atoms with van der Waals surface area (Å²) in [5, 5.41) is 2.79. The number of aromatic amines is 1. The number of aromatic nitrogens is 1. The molecule has 0 aliphatic rings. The van der Waals surface area contributed by atoms with Gasteiger partial charge in [-0.25, -0.2) is 4.79 Å². The van der Waals surface area contributed by atoms with Crippen LogP contribution in [0.1, 0.15) is 11.6 Å². The smallest absolute Gasteiger partial charge is 0.408 e. The number of rotatable bonds is 3. The molecular weight excluding hydrogens is 210 g/mol. The van der Waals surface area contributed by atoms with Gasteiger partial charge in [0.2, 0.25) is 5.91 Å². The van der Waals surface area contributed by atoms with E-state index in [1.165, 1.54) is 0 Å². The number of hydrogen-bond donors (Lipinski definition) is 3. The van der Waals surface area contributed by atoms with E-state index >= 15 is 0 Å². The van der Waals surface area contributed by atoms with Gasteiger partial charge in [-0.15, -0.1) is 0 Å². The zero-order chi connectivity index (χ0) is 11.7. The van der Waals surface area contributed by atoms with E-state index in [9.17, 15) is 9.59 Å². The Morgan fingerprint density at radius 3 is 2.94 bits per heavy atom. The fourth-order valence-corrected chi connectivity index (χ4v) is 1.62. The molecule has 1 amide bonds. The fraction of sp³-hybridized carbons (Fsp3) is 0.200. The van der Waals surface area contributed by atoms with Crippen LogP contribution in [-0.2, 0) is 4.79 Å². The molecule has 1 heterocycles. The second-order valence-corrected chi connectivity index (χ2v) is 3.39. The predicted octanol–water partition coefficient (Wildman–Crippen LogP) is -0.133. The summed E-state index contributed by atoms with van der Waals surface area (Å²) in [4.78, 5) is 24.6. The Balaban J connectivity index is 2.53. The second-order valence-electron chi connectivity index (χ2n) is 3.39. The van der Waals surface area contributed by atoms with Crippen LogP contribution in [0.5, 0.6) is 0 Å². The first-order chi connectivity index (χ1) is 7.61. The van der Waals surface area contributed by atoms with Crippen molar-refractivity contribution in [3.8, 4) is 0 Å². The van der Waals surface area contributed by atoms with Gasteiger partial charge in [-0.05, 0) is 24.7 Å². The number of nitrogens with two attached hydrogens (primary N) is 1. The third-order valence-electron chi connectivity index (χ3n) is 2.35. The fourth-order valence-electron chi connectivity index (χ4n) is 1.62. The predicted molar refractivity (Wildman–Crippen MR) is 57.8 cm³/mol. The molecule has 0 radical (unpaired) electrons. The highest BCUT2D eigenvalue weighted by atomic mass is 16.4. The van der Waals surface area contributed by atoms with Crippen LogP contribution in [0.2, 0.25) is 0 Å². The highest BCUT2D eigenvalue weighted by Crippen LogP contribution is 2.17. The number of benzene rings is 1. The number of nitrogens with one attached hydrogen (secondary N) is 2. The van der Waals surface area contributed by atoms with Crippen LogP contribution in [0.4, 0.5) is 0 Å². The highest BCUT2D eigenvalue weighted by Gasteiger charge is 2.16. The summed E-state index contributed by atoms with van der Waals surface area (Å²) in [6.07, 6.45) is 0. The number of oxazole rings is 1. The van der Waals surface area contributed by atoms with Gasteiger partial charge in [0.05, 0.1) is 5.52 Å². The average molecular weight is 221 g/mol. The maximum Gasteiger partial charge on any atom is 0.417 e. The first-order valence-electron chi connectivity index (χ1n) is 4.71. The Bertz CT molecular complexity index is 584. The molecule has 16 heavy (non-hydrogen) atoms. The van der Waals surface area contributed by atoms with Crippen LogP contribution in [-0.4, -0.2) is 17.9 Å². The van der Waals surface area contributed by atoms with Gasteiger partial charge >= 0.3 is 5.76 Å². The maximum absolute atomic E-state index is 11.1. The molecule has 1 aromatic heterocycles. The van der Waals surface area contributed by atoms with Crippen LogP contribution in [0.3, 0.4) is 0 Å². The van der Waals surface area contributed by atoms with Crippen molar-refractivity contribution in [3.63, 3.8) is 0 Å². The summed E-state index contributed by atoms with van der Waals surface area (Å²) in [6.45, 7) is 0. The number of likely N-dealkylation sites (N-methyl/N-ethyl adjacent to an activating group) is 1. The SMILES string of the molecule is CNC(C(N)=O)c1ccc2oc(=O)[nH]c2c1. The van der Waals surface area contributed by atoms with Crippen molar-refractivity contribution in [2.45, 2.75) is 6.04 Å². The van der Waals surface area contributed by atoms with E-state index in [2.05, 4.69) is 10.3 Å². The molecular formula is C10H11N3O3. The van der Waals surface area contributed by atoms with E-state index in [4.69, 9.17) is 10.2 Å². The van der Waals surface area contributed by atoms with Crippen molar-refractivity contribution in [2.24, 2.45) is 5.73 Å². The van der Waals surface area contributed by atoms with Crippen molar-refractivity contribution in [3.05, 3.63) is 34.3 Å². The molecule has 6 nitrogen and oxygen atoms in total. The van der Waals surface area contributed by atoms with E-state index in [-0.39, 0.29) is 0 Å². The number of carbonyl (C=O) groups is 1. The first-order valence-corrected chi connectivity index (χ1v) is 4.71. The van der Waals surface area contributed by atoms with Gasteiger partial charge in [-0.3, -0.25) is 9.78 Å². The molecule has 0 saturated heterocycles. The van der Waals surface area contributed by atoms with E-state index in [1.807, 2.05) is 0 Å². The van der Waals surface area contributed by atoms with Crippen LogP contribution < -0.4 is 16.8 Å². The molecule has 84 valence electrons. The zero-order valence-corrected chi connectivity index (χ0v) is 8.61. The number of amides is 1. The summed E-state index contributed by atoms with van der Waals surface area (Å²) < 4.78 is 4.85. The lowest BCUT2D eigenvalue weighted by atomic mass is 10.1. The van der Waals surface area contributed by atoms with Gasteiger partial charge in [0, 0.05) is 0 Å². The van der Waals surface area contributed by atoms with Gasteiger partial charge in [0.25, 0.3) is 0 Å². The molecule has 2 rings (SSSR count). The van der Waals surface area contributed by atoms with Gasteiger partial charge in [0.1, 0.15) is 6.04 Å². The van der Waals surface area contributed by atoms with Gasteiger partial charge in [0.15, 0.2) is 5.58 Å². The molecule has 0 fully saturated rings. The van der Waals surface area contributed by atoms with Crippen molar-refractivity contribution in [2.75, 3.05) is 7.05 Å². The first kappa shape index (κ1) is 10.4. The molecule has 4 N–H and O–H groups in total. The molecule has 1 aromatic carbocycles. The molecule has 0 bridgehead atoms. The van der Waals surface area contributed by atoms with Crippen LogP contribution in [0.15, 0.2) is 27.4 Å². The molecule has 6 heteroatoms. The Kier molecular flexibility index (Phi) is 2.49. The summed E-state index contributed by atoms with van der Waals surface area (Å²) in [5.74, 6) is -1.00. The lowest BCUT2D eigenvalue weighted by Gasteiger charge is -2.11. The van der Waals surface area contributed by atoms with Crippen molar-refractivity contribution >= 4 is 17.0 Å². The maximum atomic E-state index is 11.1. The summed E-state index contributed by atoms with van der Waals surface area (Å²) >= 11 is 0. The zero-order valence-electron chi connectivity index (χ0n) is 8.61. The monoisotopic (exact) mass is 221 g/mol. The van der Waals surface area contributed by atoms with E-state index in [0.717, 1.165) is 0 Å². The molecule has 0 aliphatic heterocycles. The largest absolute Gasteiger partial charge is 0.417 e. The molecule has 0 spiro atoms. The van der Waals surface area contributed by atoms with Crippen molar-refractivity contribution in [1.29, 1.82) is 0 Å². The number of hydrogen-bond acceptors (Lipinski definition) is 4. The van der Waals surface area contributed by atoms with Crippen LogP contribution >= 0.6 is 0 Å². The lowest BCUT2D eigenvalue weighted by Crippen LogP contribution is -2.31. The number of carbonyl (C=O) groups excluding carboxylic acids is 1. The number of H-pyrrole nitrogens is 1. The Labute approximate surface area is 90.4 Å². The third-order valence-corrected chi connectivity index (χ3v) is 2.35. The lowest BCUT2D eigenvalue weighted by molar-refractivity contribution is -0.120. The molecule has 2 aromatic rings. The van der Waals surface area contributed by atoms with Gasteiger partial charge < -0.3 is 15.5 Å². The molecule has 0 aliphatic carbocycles. The molecule has 1 unspecified atom stereocenters. The minimum absolute atomic E-state index is 0.452.